The molecule has 1 unspecified atom stereocenters. The van der Waals surface area contributed by atoms with Crippen LogP contribution in [0.25, 0.3) is 21.5 Å². The average molecular weight is 437 g/mol. The second-order valence-electron chi connectivity index (χ2n) is 8.23. The Labute approximate surface area is 192 Å². The minimum absolute atomic E-state index is 0.00469. The van der Waals surface area contributed by atoms with Crippen LogP contribution in [0.15, 0.2) is 101 Å². The van der Waals surface area contributed by atoms with Crippen LogP contribution in [0.5, 0.6) is 11.5 Å². The van der Waals surface area contributed by atoms with Crippen LogP contribution in [0.4, 0.5) is 0 Å². The van der Waals surface area contributed by atoms with Gasteiger partial charge in [0.1, 0.15) is 11.5 Å². The van der Waals surface area contributed by atoms with Crippen molar-refractivity contribution in [3.8, 4) is 11.5 Å². The lowest BCUT2D eigenvalue weighted by Crippen LogP contribution is -2.01. The molecule has 0 aliphatic rings. The smallest absolute Gasteiger partial charge is 0.122 e. The fraction of sp³-hybridized carbons (Fsp3) is 0.103. The molecule has 0 aromatic heterocycles. The number of phenolic OH excluding ortho intramolecular Hbond substituents is 2. The van der Waals surface area contributed by atoms with Crippen molar-refractivity contribution >= 4 is 33.3 Å². The SMILES string of the molecule is Cc1cc(Sc2ccc(O)cc2)cc(C(C)c2c3ccccc3cc3ccccc23)c1O. The van der Waals surface area contributed by atoms with E-state index in [0.717, 1.165) is 20.9 Å². The molecule has 5 rings (SSSR count). The molecule has 0 radical (unpaired) electrons. The number of rotatable bonds is 4. The van der Waals surface area contributed by atoms with Crippen LogP contribution in [-0.4, -0.2) is 10.2 Å². The molecule has 1 atom stereocenters. The van der Waals surface area contributed by atoms with Crippen molar-refractivity contribution in [1.29, 1.82) is 0 Å². The zero-order chi connectivity index (χ0) is 22.2. The Balaban J connectivity index is 1.67. The molecule has 2 N–H and O–H groups in total. The number of hydrogen-bond acceptors (Lipinski definition) is 3. The van der Waals surface area contributed by atoms with Crippen molar-refractivity contribution in [3.63, 3.8) is 0 Å². The Bertz CT molecular complexity index is 1380. The Kier molecular flexibility index (Phi) is 5.28. The van der Waals surface area contributed by atoms with Crippen LogP contribution >= 0.6 is 11.8 Å². The first-order chi connectivity index (χ1) is 15.5. The third-order valence-corrected chi connectivity index (χ3v) is 7.07. The molecular weight excluding hydrogens is 412 g/mol. The molecule has 0 bridgehead atoms. The van der Waals surface area contributed by atoms with Gasteiger partial charge in [0.15, 0.2) is 0 Å². The van der Waals surface area contributed by atoms with Gasteiger partial charge in [0.2, 0.25) is 0 Å². The molecule has 0 heterocycles. The van der Waals surface area contributed by atoms with Gasteiger partial charge in [-0.1, -0.05) is 67.2 Å². The standard InChI is InChI=1S/C29H24O2S/c1-18-15-24(32-23-13-11-22(30)12-14-23)17-27(29(18)31)19(2)28-25-9-5-3-7-20(25)16-21-8-4-6-10-26(21)28/h3-17,19,30-31H,1-2H3. The first-order valence-electron chi connectivity index (χ1n) is 10.7. The van der Waals surface area contributed by atoms with Crippen molar-refractivity contribution < 1.29 is 10.2 Å². The van der Waals surface area contributed by atoms with E-state index in [9.17, 15) is 10.2 Å². The van der Waals surface area contributed by atoms with Crippen molar-refractivity contribution in [3.05, 3.63) is 108 Å². The zero-order valence-corrected chi connectivity index (χ0v) is 18.9. The van der Waals surface area contributed by atoms with Gasteiger partial charge in [0.05, 0.1) is 0 Å². The van der Waals surface area contributed by atoms with E-state index < -0.39 is 0 Å². The lowest BCUT2D eigenvalue weighted by Gasteiger charge is -2.21. The summed E-state index contributed by atoms with van der Waals surface area (Å²) in [6.45, 7) is 4.13. The number of aryl methyl sites for hydroxylation is 1. The number of hydrogen-bond donors (Lipinski definition) is 2. The van der Waals surface area contributed by atoms with E-state index in [0.29, 0.717) is 5.75 Å². The quantitative estimate of drug-likeness (QED) is 0.280. The molecule has 0 fully saturated rings. The molecule has 5 aromatic carbocycles. The Morgan fingerprint density at radius 3 is 1.91 bits per heavy atom. The van der Waals surface area contributed by atoms with Gasteiger partial charge in [-0.3, -0.25) is 0 Å². The number of fused-ring (bicyclic) bond motifs is 2. The highest BCUT2D eigenvalue weighted by Crippen LogP contribution is 2.42. The monoisotopic (exact) mass is 436 g/mol. The predicted octanol–water partition coefficient (Wildman–Crippen LogP) is 8.02. The van der Waals surface area contributed by atoms with E-state index in [-0.39, 0.29) is 11.7 Å². The van der Waals surface area contributed by atoms with Crippen LogP contribution in [0, 0.1) is 6.92 Å². The van der Waals surface area contributed by atoms with Crippen molar-refractivity contribution in [2.75, 3.05) is 0 Å². The molecular formula is C29H24O2S. The van der Waals surface area contributed by atoms with Gasteiger partial charge in [0.25, 0.3) is 0 Å². The Morgan fingerprint density at radius 2 is 1.28 bits per heavy atom. The third kappa shape index (κ3) is 3.69. The second kappa shape index (κ2) is 8.25. The summed E-state index contributed by atoms with van der Waals surface area (Å²) in [5.41, 5.74) is 3.02. The third-order valence-electron chi connectivity index (χ3n) is 6.09. The van der Waals surface area contributed by atoms with Gasteiger partial charge in [-0.25, -0.2) is 0 Å². The zero-order valence-electron chi connectivity index (χ0n) is 18.0. The van der Waals surface area contributed by atoms with Crippen molar-refractivity contribution in [2.45, 2.75) is 29.6 Å². The molecule has 0 aliphatic carbocycles. The second-order valence-corrected chi connectivity index (χ2v) is 9.38. The Morgan fingerprint density at radius 1 is 0.688 bits per heavy atom. The van der Waals surface area contributed by atoms with Crippen molar-refractivity contribution in [1.82, 2.24) is 0 Å². The number of phenols is 2. The highest BCUT2D eigenvalue weighted by molar-refractivity contribution is 7.99. The topological polar surface area (TPSA) is 40.5 Å². The minimum Gasteiger partial charge on any atom is -0.508 e. The summed E-state index contributed by atoms with van der Waals surface area (Å²) in [5, 5.41) is 25.5. The van der Waals surface area contributed by atoms with Crippen LogP contribution in [0.2, 0.25) is 0 Å². The van der Waals surface area contributed by atoms with Gasteiger partial charge in [-0.15, -0.1) is 0 Å². The summed E-state index contributed by atoms with van der Waals surface area (Å²) in [6, 6.07) is 30.5. The summed E-state index contributed by atoms with van der Waals surface area (Å²) < 4.78 is 0. The summed E-state index contributed by atoms with van der Waals surface area (Å²) in [5.74, 6) is 0.614. The molecule has 0 spiro atoms. The summed E-state index contributed by atoms with van der Waals surface area (Å²) >= 11 is 1.63. The van der Waals surface area contributed by atoms with E-state index in [1.807, 2.05) is 25.1 Å². The first-order valence-corrected chi connectivity index (χ1v) is 11.5. The number of benzene rings is 5. The summed E-state index contributed by atoms with van der Waals surface area (Å²) in [7, 11) is 0. The van der Waals surface area contributed by atoms with E-state index in [1.165, 1.54) is 27.1 Å². The van der Waals surface area contributed by atoms with E-state index in [4.69, 9.17) is 0 Å². The average Bonchev–Trinajstić information content (AvgIpc) is 2.80. The molecule has 3 heteroatoms. The van der Waals surface area contributed by atoms with Gasteiger partial charge in [-0.2, -0.15) is 0 Å². The van der Waals surface area contributed by atoms with Crippen LogP contribution in [0.3, 0.4) is 0 Å². The first kappa shape index (κ1) is 20.5. The van der Waals surface area contributed by atoms with Crippen LogP contribution in [-0.2, 0) is 0 Å². The Hall–Kier alpha value is -3.43. The van der Waals surface area contributed by atoms with Gasteiger partial charge < -0.3 is 10.2 Å². The van der Waals surface area contributed by atoms with E-state index in [2.05, 4.69) is 67.6 Å². The molecule has 158 valence electrons. The predicted molar refractivity (Wildman–Crippen MR) is 134 cm³/mol. The minimum atomic E-state index is 0.00469. The molecule has 2 nitrogen and oxygen atoms in total. The number of aromatic hydroxyl groups is 2. The molecule has 5 aromatic rings. The molecule has 0 saturated heterocycles. The van der Waals surface area contributed by atoms with Crippen LogP contribution < -0.4 is 0 Å². The fourth-order valence-corrected chi connectivity index (χ4v) is 5.45. The van der Waals surface area contributed by atoms with Gasteiger partial charge >= 0.3 is 0 Å². The summed E-state index contributed by atoms with van der Waals surface area (Å²) in [4.78, 5) is 2.11. The highest BCUT2D eigenvalue weighted by atomic mass is 32.2. The summed E-state index contributed by atoms with van der Waals surface area (Å²) in [6.07, 6.45) is 0. The van der Waals surface area contributed by atoms with Crippen LogP contribution in [0.1, 0.15) is 29.5 Å². The lowest BCUT2D eigenvalue weighted by molar-refractivity contribution is 0.461. The molecule has 32 heavy (non-hydrogen) atoms. The normalized spacial score (nSPS) is 12.3. The van der Waals surface area contributed by atoms with Crippen molar-refractivity contribution in [2.24, 2.45) is 0 Å². The molecule has 0 amide bonds. The molecule has 0 aliphatic heterocycles. The lowest BCUT2D eigenvalue weighted by atomic mass is 9.84. The van der Waals surface area contributed by atoms with E-state index in [1.54, 1.807) is 23.9 Å². The fourth-order valence-electron chi connectivity index (χ4n) is 4.48. The van der Waals surface area contributed by atoms with Gasteiger partial charge in [-0.05, 0) is 82.1 Å². The molecule has 0 saturated carbocycles. The van der Waals surface area contributed by atoms with E-state index >= 15 is 0 Å². The van der Waals surface area contributed by atoms with Gasteiger partial charge in [0, 0.05) is 21.3 Å². The maximum Gasteiger partial charge on any atom is 0.122 e. The maximum absolute atomic E-state index is 11.1. The highest BCUT2D eigenvalue weighted by Gasteiger charge is 2.20. The largest absolute Gasteiger partial charge is 0.508 e. The maximum atomic E-state index is 11.1.